The molecule has 0 unspecified atom stereocenters. The molecule has 180 valence electrons. The van der Waals surface area contributed by atoms with E-state index in [1.54, 1.807) is 11.6 Å². The Bertz CT molecular complexity index is 1100. The van der Waals surface area contributed by atoms with Crippen LogP contribution in [0.4, 0.5) is 0 Å². The highest BCUT2D eigenvalue weighted by molar-refractivity contribution is 6.33. The zero-order chi connectivity index (χ0) is 23.9. The number of rotatable bonds is 9. The van der Waals surface area contributed by atoms with Gasteiger partial charge in [0.15, 0.2) is 0 Å². The van der Waals surface area contributed by atoms with Gasteiger partial charge in [-0.25, -0.2) is 4.68 Å². The number of para-hydroxylation sites is 1. The molecule has 1 aliphatic rings. The molecule has 0 radical (unpaired) electrons. The van der Waals surface area contributed by atoms with E-state index in [1.165, 1.54) is 0 Å². The minimum Gasteiger partial charge on any atom is -0.492 e. The third-order valence-electron chi connectivity index (χ3n) is 6.11. The summed E-state index contributed by atoms with van der Waals surface area (Å²) in [6.07, 6.45) is 2.14. The molecule has 4 rings (SSSR count). The van der Waals surface area contributed by atoms with E-state index < -0.39 is 0 Å². The topological polar surface area (TPSA) is 68.6 Å². The Hall–Kier alpha value is -2.87. The fourth-order valence-electron chi connectivity index (χ4n) is 4.13. The van der Waals surface area contributed by atoms with Crippen molar-refractivity contribution in [3.63, 3.8) is 0 Å². The number of ether oxygens (including phenoxy) is 2. The molecule has 0 aliphatic carbocycles. The molecule has 0 atom stereocenters. The van der Waals surface area contributed by atoms with Gasteiger partial charge < -0.3 is 14.8 Å². The lowest BCUT2D eigenvalue weighted by atomic mass is 10.1. The molecule has 1 N–H and O–H groups in total. The number of benzene rings is 2. The highest BCUT2D eigenvalue weighted by Gasteiger charge is 2.21. The molecule has 0 spiro atoms. The van der Waals surface area contributed by atoms with E-state index in [2.05, 4.69) is 22.4 Å². The maximum atomic E-state index is 12.9. The van der Waals surface area contributed by atoms with Gasteiger partial charge in [0.25, 0.3) is 5.91 Å². The van der Waals surface area contributed by atoms with Crippen molar-refractivity contribution < 1.29 is 14.3 Å². The first-order valence-electron chi connectivity index (χ1n) is 11.6. The van der Waals surface area contributed by atoms with Crippen molar-refractivity contribution in [2.24, 2.45) is 0 Å². The van der Waals surface area contributed by atoms with E-state index >= 15 is 0 Å². The monoisotopic (exact) mass is 482 g/mol. The van der Waals surface area contributed by atoms with E-state index in [1.807, 2.05) is 54.6 Å². The van der Waals surface area contributed by atoms with Crippen LogP contribution >= 0.6 is 11.6 Å². The molecule has 1 aromatic heterocycles. The van der Waals surface area contributed by atoms with E-state index in [9.17, 15) is 4.79 Å². The largest absolute Gasteiger partial charge is 0.492 e. The SMILES string of the molecule is Cc1nn(-c2ccccc2)c(Cl)c1C(=O)NCc1cccc(OCCN(C)C2CCOCC2)c1. The van der Waals surface area contributed by atoms with Gasteiger partial charge in [-0.15, -0.1) is 0 Å². The first-order chi connectivity index (χ1) is 16.5. The first kappa shape index (κ1) is 24.3. The minimum atomic E-state index is -0.255. The number of hydrogen-bond acceptors (Lipinski definition) is 5. The molecule has 1 saturated heterocycles. The molecule has 7 nitrogen and oxygen atoms in total. The molecule has 1 fully saturated rings. The molecule has 0 saturated carbocycles. The Balaban J connectivity index is 1.31. The summed E-state index contributed by atoms with van der Waals surface area (Å²) in [6, 6.07) is 17.9. The summed E-state index contributed by atoms with van der Waals surface area (Å²) >= 11 is 6.51. The van der Waals surface area contributed by atoms with Gasteiger partial charge in [0.1, 0.15) is 17.5 Å². The molecule has 2 heterocycles. The number of amides is 1. The van der Waals surface area contributed by atoms with Gasteiger partial charge in [0.2, 0.25) is 0 Å². The summed E-state index contributed by atoms with van der Waals surface area (Å²) < 4.78 is 13.0. The minimum absolute atomic E-state index is 0.255. The normalized spacial score (nSPS) is 14.4. The molecule has 0 bridgehead atoms. The number of carbonyl (C=O) groups is 1. The summed E-state index contributed by atoms with van der Waals surface area (Å²) in [5.41, 5.74) is 2.72. The number of halogens is 1. The summed E-state index contributed by atoms with van der Waals surface area (Å²) in [5, 5.41) is 7.70. The van der Waals surface area contributed by atoms with Gasteiger partial charge >= 0.3 is 0 Å². The lowest BCUT2D eigenvalue weighted by molar-refractivity contribution is 0.0392. The van der Waals surface area contributed by atoms with Crippen molar-refractivity contribution in [3.8, 4) is 11.4 Å². The maximum Gasteiger partial charge on any atom is 0.256 e. The standard InChI is InChI=1S/C26H31ClN4O3/c1-19-24(25(27)31(29-19)22-8-4-3-5-9-22)26(32)28-18-20-7-6-10-23(17-20)34-16-13-30(2)21-11-14-33-15-12-21/h3-10,17,21H,11-16,18H2,1-2H3,(H,28,32). The highest BCUT2D eigenvalue weighted by atomic mass is 35.5. The Morgan fingerprint density at radius 1 is 1.21 bits per heavy atom. The molecule has 34 heavy (non-hydrogen) atoms. The number of carbonyl (C=O) groups excluding carboxylic acids is 1. The number of aryl methyl sites for hydroxylation is 1. The third-order valence-corrected chi connectivity index (χ3v) is 6.46. The van der Waals surface area contributed by atoms with Crippen LogP contribution in [0.15, 0.2) is 54.6 Å². The second kappa shape index (κ2) is 11.5. The Morgan fingerprint density at radius 2 is 1.97 bits per heavy atom. The van der Waals surface area contributed by atoms with Crippen LogP contribution < -0.4 is 10.1 Å². The second-order valence-corrected chi connectivity index (χ2v) is 8.86. The van der Waals surface area contributed by atoms with Crippen LogP contribution in [0.3, 0.4) is 0 Å². The van der Waals surface area contributed by atoms with Crippen LogP contribution in [-0.2, 0) is 11.3 Å². The quantitative estimate of drug-likeness (QED) is 0.493. The average Bonchev–Trinajstić information content (AvgIpc) is 3.17. The molecule has 1 aliphatic heterocycles. The van der Waals surface area contributed by atoms with E-state index in [0.29, 0.717) is 35.6 Å². The summed E-state index contributed by atoms with van der Waals surface area (Å²) in [4.78, 5) is 15.2. The molecule has 1 amide bonds. The van der Waals surface area contributed by atoms with Gasteiger partial charge in [0.05, 0.1) is 16.9 Å². The van der Waals surface area contributed by atoms with Gasteiger partial charge in [-0.2, -0.15) is 5.10 Å². The third kappa shape index (κ3) is 5.97. The predicted octanol–water partition coefficient (Wildman–Crippen LogP) is 4.25. The van der Waals surface area contributed by atoms with Crippen molar-refractivity contribution in [2.45, 2.75) is 32.4 Å². The van der Waals surface area contributed by atoms with Crippen LogP contribution in [0.2, 0.25) is 5.15 Å². The molecule has 8 heteroatoms. The van der Waals surface area contributed by atoms with Crippen molar-refractivity contribution in [1.29, 1.82) is 0 Å². The van der Waals surface area contributed by atoms with Crippen LogP contribution in [0.1, 0.15) is 34.5 Å². The number of nitrogens with one attached hydrogen (secondary N) is 1. The van der Waals surface area contributed by atoms with Crippen LogP contribution in [-0.4, -0.2) is 60.0 Å². The zero-order valence-electron chi connectivity index (χ0n) is 19.7. The molecular formula is C26H31ClN4O3. The van der Waals surface area contributed by atoms with Crippen molar-refractivity contribution in [1.82, 2.24) is 20.0 Å². The van der Waals surface area contributed by atoms with Gasteiger partial charge in [-0.3, -0.25) is 9.69 Å². The van der Waals surface area contributed by atoms with Crippen molar-refractivity contribution in [3.05, 3.63) is 76.6 Å². The fraction of sp³-hybridized carbons (Fsp3) is 0.385. The Morgan fingerprint density at radius 3 is 2.74 bits per heavy atom. The maximum absolute atomic E-state index is 12.9. The van der Waals surface area contributed by atoms with E-state index in [0.717, 1.165) is 49.6 Å². The highest BCUT2D eigenvalue weighted by Crippen LogP contribution is 2.23. The van der Waals surface area contributed by atoms with Crippen molar-refractivity contribution >= 4 is 17.5 Å². The molecular weight excluding hydrogens is 452 g/mol. The van der Waals surface area contributed by atoms with E-state index in [-0.39, 0.29) is 5.91 Å². The van der Waals surface area contributed by atoms with Gasteiger partial charge in [0, 0.05) is 32.3 Å². The first-order valence-corrected chi connectivity index (χ1v) is 12.0. The lowest BCUT2D eigenvalue weighted by Gasteiger charge is -2.31. The Labute approximate surface area is 205 Å². The van der Waals surface area contributed by atoms with Crippen LogP contribution in [0.25, 0.3) is 5.69 Å². The lowest BCUT2D eigenvalue weighted by Crippen LogP contribution is -2.38. The average molecular weight is 483 g/mol. The van der Waals surface area contributed by atoms with Gasteiger partial charge in [-0.1, -0.05) is 41.9 Å². The number of likely N-dealkylation sites (N-methyl/N-ethyl adjacent to an activating group) is 1. The van der Waals surface area contributed by atoms with Crippen molar-refractivity contribution in [2.75, 3.05) is 33.4 Å². The smallest absolute Gasteiger partial charge is 0.256 e. The summed E-state index contributed by atoms with van der Waals surface area (Å²) in [5.74, 6) is 0.535. The van der Waals surface area contributed by atoms with Crippen LogP contribution in [0, 0.1) is 6.92 Å². The number of hydrogen-bond donors (Lipinski definition) is 1. The zero-order valence-corrected chi connectivity index (χ0v) is 20.4. The number of nitrogens with zero attached hydrogens (tertiary/aromatic N) is 3. The fourth-order valence-corrected chi connectivity index (χ4v) is 4.49. The summed E-state index contributed by atoms with van der Waals surface area (Å²) in [7, 11) is 2.14. The van der Waals surface area contributed by atoms with E-state index in [4.69, 9.17) is 21.1 Å². The molecule has 3 aromatic rings. The Kier molecular flexibility index (Phi) is 8.21. The predicted molar refractivity (Wildman–Crippen MR) is 133 cm³/mol. The summed E-state index contributed by atoms with van der Waals surface area (Å²) in [6.45, 7) is 5.28. The molecule has 2 aromatic carbocycles. The van der Waals surface area contributed by atoms with Gasteiger partial charge in [-0.05, 0) is 56.6 Å². The number of aromatic nitrogens is 2. The second-order valence-electron chi connectivity index (χ2n) is 8.50. The van der Waals surface area contributed by atoms with Crippen LogP contribution in [0.5, 0.6) is 5.75 Å².